The highest BCUT2D eigenvalue weighted by Crippen LogP contribution is 2.26. The lowest BCUT2D eigenvalue weighted by molar-refractivity contribution is -0.127. The molecular formula is C11H13ClF2N2O. The van der Waals surface area contributed by atoms with Crippen LogP contribution < -0.4 is 5.32 Å². The molecule has 1 rings (SSSR count). The number of benzene rings is 1. The van der Waals surface area contributed by atoms with E-state index in [4.69, 9.17) is 11.6 Å². The Morgan fingerprint density at radius 3 is 2.65 bits per heavy atom. The van der Waals surface area contributed by atoms with Crippen molar-refractivity contribution in [2.75, 3.05) is 25.5 Å². The average molecular weight is 263 g/mol. The Labute approximate surface area is 103 Å². The second kappa shape index (κ2) is 5.82. The molecule has 0 bridgehead atoms. The van der Waals surface area contributed by atoms with Crippen LogP contribution in [0.25, 0.3) is 0 Å². The molecule has 0 aliphatic heterocycles. The number of carbonyl (C=O) groups excluding carboxylic acids is 1. The van der Waals surface area contributed by atoms with Crippen LogP contribution in [0.5, 0.6) is 0 Å². The molecule has 0 aliphatic carbocycles. The van der Waals surface area contributed by atoms with Crippen molar-refractivity contribution in [3.8, 4) is 0 Å². The lowest BCUT2D eigenvalue weighted by Gasteiger charge is -2.16. The summed E-state index contributed by atoms with van der Waals surface area (Å²) in [7, 11) is 1.63. The lowest BCUT2D eigenvalue weighted by Crippen LogP contribution is -2.32. The van der Waals surface area contributed by atoms with E-state index in [0.717, 1.165) is 6.07 Å². The Morgan fingerprint density at radius 1 is 1.47 bits per heavy atom. The third-order valence-corrected chi connectivity index (χ3v) is 2.62. The summed E-state index contributed by atoms with van der Waals surface area (Å²) in [4.78, 5) is 12.9. The van der Waals surface area contributed by atoms with Crippen molar-refractivity contribution in [1.29, 1.82) is 0 Å². The predicted octanol–water partition coefficient (Wildman–Crippen LogP) is 2.51. The van der Waals surface area contributed by atoms with Crippen molar-refractivity contribution in [3.63, 3.8) is 0 Å². The fourth-order valence-corrected chi connectivity index (χ4v) is 1.45. The van der Waals surface area contributed by atoms with E-state index in [1.165, 1.54) is 4.90 Å². The lowest BCUT2D eigenvalue weighted by atomic mass is 10.3. The number of hydrogen-bond donors (Lipinski definition) is 1. The summed E-state index contributed by atoms with van der Waals surface area (Å²) in [6, 6.07) is 1.70. The predicted molar refractivity (Wildman–Crippen MR) is 63.2 cm³/mol. The van der Waals surface area contributed by atoms with Crippen LogP contribution in [0.1, 0.15) is 6.92 Å². The molecule has 0 atom stereocenters. The number of amides is 1. The number of anilines is 1. The van der Waals surface area contributed by atoms with Gasteiger partial charge in [-0.1, -0.05) is 11.6 Å². The van der Waals surface area contributed by atoms with E-state index >= 15 is 0 Å². The minimum Gasteiger partial charge on any atom is -0.373 e. The van der Waals surface area contributed by atoms with E-state index in [2.05, 4.69) is 5.32 Å². The number of halogens is 3. The number of hydrogen-bond acceptors (Lipinski definition) is 2. The average Bonchev–Trinajstić information content (AvgIpc) is 2.26. The monoisotopic (exact) mass is 262 g/mol. The van der Waals surface area contributed by atoms with Gasteiger partial charge in [-0.15, -0.1) is 0 Å². The molecule has 0 radical (unpaired) electrons. The van der Waals surface area contributed by atoms with Crippen LogP contribution in [-0.2, 0) is 4.79 Å². The smallest absolute Gasteiger partial charge is 0.241 e. The van der Waals surface area contributed by atoms with Gasteiger partial charge in [0.25, 0.3) is 0 Å². The highest BCUT2D eigenvalue weighted by molar-refractivity contribution is 6.33. The van der Waals surface area contributed by atoms with Crippen molar-refractivity contribution in [2.24, 2.45) is 0 Å². The summed E-state index contributed by atoms with van der Waals surface area (Å²) < 4.78 is 26.1. The molecule has 94 valence electrons. The summed E-state index contributed by atoms with van der Waals surface area (Å²) in [5, 5.41) is 2.47. The first-order valence-corrected chi connectivity index (χ1v) is 5.45. The fraction of sp³-hybridized carbons (Fsp3) is 0.364. The summed E-state index contributed by atoms with van der Waals surface area (Å²) in [5.74, 6) is -1.77. The van der Waals surface area contributed by atoms with Crippen LogP contribution in [0.2, 0.25) is 5.02 Å². The highest BCUT2D eigenvalue weighted by atomic mass is 35.5. The van der Waals surface area contributed by atoms with Gasteiger partial charge < -0.3 is 10.2 Å². The van der Waals surface area contributed by atoms with Gasteiger partial charge in [-0.25, -0.2) is 8.78 Å². The summed E-state index contributed by atoms with van der Waals surface area (Å²) in [6.45, 7) is 2.29. The zero-order chi connectivity index (χ0) is 13.0. The molecule has 1 aromatic rings. The van der Waals surface area contributed by atoms with Crippen molar-refractivity contribution in [2.45, 2.75) is 6.92 Å². The van der Waals surface area contributed by atoms with Gasteiger partial charge in [0.05, 0.1) is 17.3 Å². The van der Waals surface area contributed by atoms with Gasteiger partial charge in [0.1, 0.15) is 5.82 Å². The van der Waals surface area contributed by atoms with Crippen LogP contribution in [0.4, 0.5) is 14.5 Å². The van der Waals surface area contributed by atoms with Gasteiger partial charge >= 0.3 is 0 Å². The van der Waals surface area contributed by atoms with Crippen molar-refractivity contribution < 1.29 is 13.6 Å². The molecule has 0 spiro atoms. The second-order valence-corrected chi connectivity index (χ2v) is 3.91. The Kier molecular flexibility index (Phi) is 4.69. The molecule has 0 saturated carbocycles. The molecule has 0 saturated heterocycles. The molecule has 3 nitrogen and oxygen atoms in total. The van der Waals surface area contributed by atoms with Crippen molar-refractivity contribution in [3.05, 3.63) is 28.8 Å². The molecule has 1 amide bonds. The van der Waals surface area contributed by atoms with Crippen LogP contribution in [0.15, 0.2) is 12.1 Å². The summed E-state index contributed by atoms with van der Waals surface area (Å²) >= 11 is 5.66. The Balaban J connectivity index is 2.73. The van der Waals surface area contributed by atoms with Gasteiger partial charge in [0, 0.05) is 19.7 Å². The largest absolute Gasteiger partial charge is 0.373 e. The molecule has 6 heteroatoms. The Morgan fingerprint density at radius 2 is 2.12 bits per heavy atom. The van der Waals surface area contributed by atoms with Crippen LogP contribution in [0, 0.1) is 11.6 Å². The van der Waals surface area contributed by atoms with E-state index in [1.807, 2.05) is 6.92 Å². The first kappa shape index (κ1) is 13.7. The molecule has 1 N–H and O–H groups in total. The summed E-state index contributed by atoms with van der Waals surface area (Å²) in [6.07, 6.45) is 0. The van der Waals surface area contributed by atoms with Gasteiger partial charge in [-0.3, -0.25) is 4.79 Å². The van der Waals surface area contributed by atoms with Crippen molar-refractivity contribution in [1.82, 2.24) is 4.90 Å². The molecule has 17 heavy (non-hydrogen) atoms. The van der Waals surface area contributed by atoms with Crippen LogP contribution in [0.3, 0.4) is 0 Å². The van der Waals surface area contributed by atoms with E-state index in [0.29, 0.717) is 12.6 Å². The zero-order valence-electron chi connectivity index (χ0n) is 9.56. The van der Waals surface area contributed by atoms with Crippen molar-refractivity contribution >= 4 is 23.2 Å². The molecule has 0 aromatic heterocycles. The molecular weight excluding hydrogens is 250 g/mol. The van der Waals surface area contributed by atoms with Crippen LogP contribution >= 0.6 is 11.6 Å². The SMILES string of the molecule is CCN(C)C(=O)CNc1c(F)cc(F)cc1Cl. The Hall–Kier alpha value is -1.36. The van der Waals surface area contributed by atoms with E-state index in [1.54, 1.807) is 7.05 Å². The van der Waals surface area contributed by atoms with Gasteiger partial charge in [0.15, 0.2) is 5.82 Å². The normalized spacial score (nSPS) is 10.2. The number of carbonyl (C=O) groups is 1. The molecule has 0 unspecified atom stereocenters. The number of rotatable bonds is 4. The second-order valence-electron chi connectivity index (χ2n) is 3.51. The fourth-order valence-electron chi connectivity index (χ4n) is 1.19. The minimum absolute atomic E-state index is 0.0640. The maximum Gasteiger partial charge on any atom is 0.241 e. The van der Waals surface area contributed by atoms with E-state index in [9.17, 15) is 13.6 Å². The third-order valence-electron chi connectivity index (χ3n) is 2.32. The zero-order valence-corrected chi connectivity index (χ0v) is 10.3. The Bertz CT molecular complexity index is 403. The van der Waals surface area contributed by atoms with E-state index < -0.39 is 11.6 Å². The minimum atomic E-state index is -0.818. The van der Waals surface area contributed by atoms with Gasteiger partial charge in [0.2, 0.25) is 5.91 Å². The maximum atomic E-state index is 13.3. The van der Waals surface area contributed by atoms with Gasteiger partial charge in [-0.05, 0) is 13.0 Å². The first-order valence-electron chi connectivity index (χ1n) is 5.08. The molecule has 0 aliphatic rings. The summed E-state index contributed by atoms with van der Waals surface area (Å²) in [5.41, 5.74) is -0.0640. The van der Waals surface area contributed by atoms with Crippen LogP contribution in [-0.4, -0.2) is 30.9 Å². The number of nitrogens with one attached hydrogen (secondary N) is 1. The standard InChI is InChI=1S/C11H13ClF2N2O/c1-3-16(2)10(17)6-15-11-8(12)4-7(13)5-9(11)14/h4-5,15H,3,6H2,1-2H3. The number of likely N-dealkylation sites (N-methyl/N-ethyl adjacent to an activating group) is 1. The molecule has 0 fully saturated rings. The van der Waals surface area contributed by atoms with Gasteiger partial charge in [-0.2, -0.15) is 0 Å². The molecule has 1 aromatic carbocycles. The quantitative estimate of drug-likeness (QED) is 0.904. The van der Waals surface area contributed by atoms with E-state index in [-0.39, 0.29) is 23.2 Å². The number of nitrogens with zero attached hydrogens (tertiary/aromatic N) is 1. The maximum absolute atomic E-state index is 13.3. The molecule has 0 heterocycles. The first-order chi connectivity index (χ1) is 7.95. The topological polar surface area (TPSA) is 32.3 Å². The third kappa shape index (κ3) is 3.56. The highest BCUT2D eigenvalue weighted by Gasteiger charge is 2.12.